The summed E-state index contributed by atoms with van der Waals surface area (Å²) in [5.74, 6) is 0.762. The number of benzene rings is 2. The quantitative estimate of drug-likeness (QED) is 0.332. The van der Waals surface area contributed by atoms with Crippen molar-refractivity contribution in [2.24, 2.45) is 0 Å². The minimum Gasteiger partial charge on any atom is -0.495 e. The van der Waals surface area contributed by atoms with E-state index in [0.29, 0.717) is 10.1 Å². The molecule has 0 saturated carbocycles. The fourth-order valence-electron chi connectivity index (χ4n) is 4.85. The van der Waals surface area contributed by atoms with Crippen molar-refractivity contribution in [1.29, 1.82) is 0 Å². The van der Waals surface area contributed by atoms with Gasteiger partial charge in [0.1, 0.15) is 5.75 Å². The maximum Gasteiger partial charge on any atom is 0.174 e. The van der Waals surface area contributed by atoms with Gasteiger partial charge in [0, 0.05) is 17.6 Å². The van der Waals surface area contributed by atoms with Crippen molar-refractivity contribution in [3.8, 4) is 11.4 Å². The van der Waals surface area contributed by atoms with Crippen LogP contribution in [-0.4, -0.2) is 21.8 Å². The number of thiocarbonyl (C=S) groups is 1. The van der Waals surface area contributed by atoms with E-state index in [9.17, 15) is 0 Å². The van der Waals surface area contributed by atoms with Gasteiger partial charge in [-0.25, -0.2) is 0 Å². The first-order chi connectivity index (χ1) is 16.5. The molecule has 2 atom stereocenters. The van der Waals surface area contributed by atoms with Crippen LogP contribution in [0.4, 0.5) is 5.69 Å². The number of nitrogens with one attached hydrogen (secondary N) is 1. The fourth-order valence-corrected chi connectivity index (χ4v) is 5.41. The number of para-hydroxylation sites is 3. The van der Waals surface area contributed by atoms with Gasteiger partial charge in [-0.05, 0) is 74.1 Å². The molecule has 5 rings (SSSR count). The molecule has 172 valence electrons. The van der Waals surface area contributed by atoms with Crippen molar-refractivity contribution < 1.29 is 4.74 Å². The first-order valence-electron chi connectivity index (χ1n) is 11.1. The third kappa shape index (κ3) is 3.73. The minimum atomic E-state index is -0.140. The Hall–Kier alpha value is -3.35. The van der Waals surface area contributed by atoms with Gasteiger partial charge < -0.3 is 19.5 Å². The molecule has 5 nitrogen and oxygen atoms in total. The number of pyridine rings is 1. The lowest BCUT2D eigenvalue weighted by Gasteiger charge is -2.29. The van der Waals surface area contributed by atoms with Crippen molar-refractivity contribution in [3.63, 3.8) is 0 Å². The zero-order valence-corrected chi connectivity index (χ0v) is 20.8. The molecule has 0 radical (unpaired) electrons. The number of rotatable bonds is 5. The number of hydrogen-bond acceptors (Lipinski definition) is 3. The molecule has 0 spiro atoms. The smallest absolute Gasteiger partial charge is 0.174 e. The molecule has 1 aliphatic heterocycles. The van der Waals surface area contributed by atoms with E-state index < -0.39 is 0 Å². The molecule has 0 bridgehead atoms. The van der Waals surface area contributed by atoms with E-state index in [0.717, 1.165) is 39.8 Å². The number of methoxy groups -OCH3 is 1. The summed E-state index contributed by atoms with van der Waals surface area (Å²) in [6.07, 6.45) is 1.82. The molecule has 4 aromatic rings. The standard InChI is InChI=1S/C27H25ClN4OS/c1-17-16-19(18(2)31(17)22-12-5-4-10-20(22)28)26-25(21-11-8-9-15-29-21)30-27(34)32(26)23-13-6-7-14-24(23)33-3/h4-16,25-26H,1-3H3,(H,30,34)/t25-,26-/m0/s1. The minimum absolute atomic E-state index is 0.138. The van der Waals surface area contributed by atoms with Crippen LogP contribution in [0, 0.1) is 13.8 Å². The van der Waals surface area contributed by atoms with Crippen LogP contribution in [0.1, 0.15) is 34.7 Å². The van der Waals surface area contributed by atoms with Crippen LogP contribution in [0.3, 0.4) is 0 Å². The number of aromatic nitrogens is 2. The van der Waals surface area contributed by atoms with Crippen molar-refractivity contribution in [3.05, 3.63) is 107 Å². The highest BCUT2D eigenvalue weighted by molar-refractivity contribution is 7.80. The molecular weight excluding hydrogens is 464 g/mol. The Labute approximate surface area is 210 Å². The van der Waals surface area contributed by atoms with Gasteiger partial charge >= 0.3 is 0 Å². The van der Waals surface area contributed by atoms with Crippen LogP contribution in [-0.2, 0) is 0 Å². The molecule has 1 N–H and O–H groups in total. The summed E-state index contributed by atoms with van der Waals surface area (Å²) in [5.41, 5.74) is 6.13. The van der Waals surface area contributed by atoms with Crippen LogP contribution >= 0.6 is 23.8 Å². The van der Waals surface area contributed by atoms with Gasteiger partial charge in [0.2, 0.25) is 0 Å². The van der Waals surface area contributed by atoms with E-state index in [4.69, 9.17) is 28.6 Å². The van der Waals surface area contributed by atoms with E-state index in [1.165, 1.54) is 0 Å². The first kappa shape index (κ1) is 22.4. The lowest BCUT2D eigenvalue weighted by Crippen LogP contribution is -2.30. The Morgan fingerprint density at radius 3 is 2.38 bits per heavy atom. The number of aryl methyl sites for hydroxylation is 1. The summed E-state index contributed by atoms with van der Waals surface area (Å²) in [5, 5.41) is 4.87. The molecule has 3 heterocycles. The monoisotopic (exact) mass is 488 g/mol. The predicted molar refractivity (Wildman–Crippen MR) is 141 cm³/mol. The third-order valence-electron chi connectivity index (χ3n) is 6.33. The van der Waals surface area contributed by atoms with Gasteiger partial charge in [-0.1, -0.05) is 41.9 Å². The summed E-state index contributed by atoms with van der Waals surface area (Å²) >= 11 is 12.5. The zero-order valence-electron chi connectivity index (χ0n) is 19.2. The molecule has 2 aromatic heterocycles. The Morgan fingerprint density at radius 2 is 1.68 bits per heavy atom. The molecule has 0 amide bonds. The first-order valence-corrected chi connectivity index (χ1v) is 11.9. The molecule has 34 heavy (non-hydrogen) atoms. The van der Waals surface area contributed by atoms with Crippen molar-refractivity contribution in [2.45, 2.75) is 25.9 Å². The molecule has 1 saturated heterocycles. The van der Waals surface area contributed by atoms with Gasteiger partial charge in [-0.2, -0.15) is 0 Å². The molecule has 0 unspecified atom stereocenters. The van der Waals surface area contributed by atoms with Crippen LogP contribution < -0.4 is 15.0 Å². The highest BCUT2D eigenvalue weighted by atomic mass is 35.5. The van der Waals surface area contributed by atoms with Crippen LogP contribution in [0.5, 0.6) is 5.75 Å². The van der Waals surface area contributed by atoms with Gasteiger partial charge in [0.15, 0.2) is 5.11 Å². The third-order valence-corrected chi connectivity index (χ3v) is 6.96. The van der Waals surface area contributed by atoms with Crippen LogP contribution in [0.15, 0.2) is 79.0 Å². The number of ether oxygens (including phenoxy) is 1. The Bertz CT molecular complexity index is 1350. The number of halogens is 1. The maximum atomic E-state index is 6.59. The summed E-state index contributed by atoms with van der Waals surface area (Å²) in [4.78, 5) is 6.81. The lowest BCUT2D eigenvalue weighted by atomic mass is 9.96. The average Bonchev–Trinajstić information content (AvgIpc) is 3.35. The van der Waals surface area contributed by atoms with Crippen molar-refractivity contribution in [1.82, 2.24) is 14.9 Å². The average molecular weight is 489 g/mol. The fraction of sp³-hybridized carbons (Fsp3) is 0.185. The molecular formula is C27H25ClN4OS. The van der Waals surface area contributed by atoms with Gasteiger partial charge in [0.05, 0.1) is 41.3 Å². The maximum absolute atomic E-state index is 6.59. The molecule has 2 aromatic carbocycles. The molecule has 1 aliphatic rings. The largest absolute Gasteiger partial charge is 0.495 e. The van der Waals surface area contributed by atoms with E-state index in [1.807, 2.05) is 72.9 Å². The second kappa shape index (κ2) is 9.12. The van der Waals surface area contributed by atoms with E-state index in [2.05, 4.69) is 39.7 Å². The highest BCUT2D eigenvalue weighted by Gasteiger charge is 2.43. The van der Waals surface area contributed by atoms with Crippen LogP contribution in [0.25, 0.3) is 5.69 Å². The SMILES string of the molecule is COc1ccccc1N1C(=S)N[C@@H](c2ccccn2)[C@@H]1c1cc(C)n(-c2ccccc2Cl)c1C. The lowest BCUT2D eigenvalue weighted by molar-refractivity contribution is 0.414. The van der Waals surface area contributed by atoms with Gasteiger partial charge in [0.25, 0.3) is 0 Å². The highest BCUT2D eigenvalue weighted by Crippen LogP contribution is 2.46. The summed E-state index contributed by atoms with van der Waals surface area (Å²) in [6, 6.07) is 23.8. The normalized spacial score (nSPS) is 17.6. The summed E-state index contributed by atoms with van der Waals surface area (Å²) in [6.45, 7) is 4.23. The topological polar surface area (TPSA) is 42.3 Å². The summed E-state index contributed by atoms with van der Waals surface area (Å²) < 4.78 is 7.91. The van der Waals surface area contributed by atoms with Crippen LogP contribution in [0.2, 0.25) is 5.02 Å². The number of anilines is 1. The van der Waals surface area contributed by atoms with Crippen molar-refractivity contribution in [2.75, 3.05) is 12.0 Å². The summed E-state index contributed by atoms with van der Waals surface area (Å²) in [7, 11) is 1.68. The zero-order chi connectivity index (χ0) is 23.8. The van der Waals surface area contributed by atoms with Gasteiger partial charge in [-0.15, -0.1) is 0 Å². The number of hydrogen-bond donors (Lipinski definition) is 1. The number of nitrogens with zero attached hydrogens (tertiary/aromatic N) is 3. The molecule has 0 aliphatic carbocycles. The van der Waals surface area contributed by atoms with E-state index in [-0.39, 0.29) is 12.1 Å². The Morgan fingerprint density at radius 1 is 0.971 bits per heavy atom. The Kier molecular flexibility index (Phi) is 6.02. The predicted octanol–water partition coefficient (Wildman–Crippen LogP) is 6.33. The van der Waals surface area contributed by atoms with Gasteiger partial charge in [-0.3, -0.25) is 4.98 Å². The second-order valence-electron chi connectivity index (χ2n) is 8.28. The Balaban J connectivity index is 1.72. The second-order valence-corrected chi connectivity index (χ2v) is 9.08. The van der Waals surface area contributed by atoms with E-state index >= 15 is 0 Å². The van der Waals surface area contributed by atoms with E-state index in [1.54, 1.807) is 7.11 Å². The van der Waals surface area contributed by atoms with Crippen molar-refractivity contribution >= 4 is 34.6 Å². The molecule has 7 heteroatoms. The molecule has 1 fully saturated rings.